The first kappa shape index (κ1) is 16.8. The average Bonchev–Trinajstić information content (AvgIpc) is 2.49. The highest BCUT2D eigenvalue weighted by molar-refractivity contribution is 9.10. The van der Waals surface area contributed by atoms with Gasteiger partial charge in [-0.05, 0) is 49.2 Å². The zero-order valence-electron chi connectivity index (χ0n) is 12.5. The van der Waals surface area contributed by atoms with Crippen LogP contribution in [0.15, 0.2) is 51.8 Å². The number of anilines is 1. The predicted molar refractivity (Wildman–Crippen MR) is 91.9 cm³/mol. The molecule has 0 saturated carbocycles. The number of benzene rings is 2. The summed E-state index contributed by atoms with van der Waals surface area (Å²) in [5, 5.41) is 0. The third kappa shape index (κ3) is 4.01. The molecule has 0 aliphatic carbocycles. The van der Waals surface area contributed by atoms with Gasteiger partial charge in [-0.15, -0.1) is 0 Å². The monoisotopic (exact) mass is 383 g/mol. The Balaban J connectivity index is 2.35. The second-order valence-corrected chi connectivity index (χ2v) is 7.25. The molecule has 2 aromatic carbocycles. The minimum absolute atomic E-state index is 0.114. The van der Waals surface area contributed by atoms with E-state index < -0.39 is 10.0 Å². The van der Waals surface area contributed by atoms with E-state index in [0.29, 0.717) is 22.5 Å². The van der Waals surface area contributed by atoms with E-state index in [1.165, 1.54) is 6.07 Å². The van der Waals surface area contributed by atoms with Crippen molar-refractivity contribution < 1.29 is 13.2 Å². The van der Waals surface area contributed by atoms with Crippen LogP contribution in [0, 0.1) is 0 Å². The van der Waals surface area contributed by atoms with Crippen molar-refractivity contribution in [3.05, 3.63) is 52.5 Å². The molecule has 0 saturated heterocycles. The Labute approximate surface area is 139 Å². The van der Waals surface area contributed by atoms with Gasteiger partial charge in [0.15, 0.2) is 0 Å². The van der Waals surface area contributed by atoms with Crippen LogP contribution >= 0.6 is 15.9 Å². The fraction of sp³-hybridized carbons (Fsp3) is 0.250. The van der Waals surface area contributed by atoms with Crippen LogP contribution in [0.5, 0.6) is 5.75 Å². The topological polar surface area (TPSA) is 55.4 Å². The number of aryl methyl sites for hydroxylation is 1. The molecule has 118 valence electrons. The Hall–Kier alpha value is -1.53. The first-order chi connectivity index (χ1) is 10.5. The quantitative estimate of drug-likeness (QED) is 0.812. The summed E-state index contributed by atoms with van der Waals surface area (Å²) < 4.78 is 33.9. The predicted octanol–water partition coefficient (Wildman–Crippen LogP) is 4.21. The number of rotatable bonds is 6. The van der Waals surface area contributed by atoms with Gasteiger partial charge in [-0.2, -0.15) is 0 Å². The lowest BCUT2D eigenvalue weighted by molar-refractivity contribution is 0.331. The molecule has 0 bridgehead atoms. The van der Waals surface area contributed by atoms with Crippen molar-refractivity contribution in [2.75, 3.05) is 11.3 Å². The molecule has 0 aromatic heterocycles. The van der Waals surface area contributed by atoms with E-state index >= 15 is 0 Å². The van der Waals surface area contributed by atoms with Crippen LogP contribution < -0.4 is 9.46 Å². The molecule has 0 aliphatic rings. The lowest BCUT2D eigenvalue weighted by atomic mass is 10.2. The molecule has 0 amide bonds. The molecule has 0 fully saturated rings. The molecule has 0 atom stereocenters. The number of nitrogens with one attached hydrogen (secondary N) is 1. The highest BCUT2D eigenvalue weighted by atomic mass is 79.9. The molecule has 0 unspecified atom stereocenters. The fourth-order valence-corrected chi connectivity index (χ4v) is 3.73. The average molecular weight is 384 g/mol. The second kappa shape index (κ2) is 7.15. The summed E-state index contributed by atoms with van der Waals surface area (Å²) in [6, 6.07) is 12.3. The summed E-state index contributed by atoms with van der Waals surface area (Å²) >= 11 is 3.30. The van der Waals surface area contributed by atoms with E-state index in [-0.39, 0.29) is 4.90 Å². The van der Waals surface area contributed by atoms with Gasteiger partial charge < -0.3 is 4.74 Å². The summed E-state index contributed by atoms with van der Waals surface area (Å²) in [5.41, 5.74) is 1.68. The Morgan fingerprint density at radius 1 is 1.09 bits per heavy atom. The maximum Gasteiger partial charge on any atom is 0.265 e. The minimum atomic E-state index is -3.71. The van der Waals surface area contributed by atoms with E-state index in [2.05, 4.69) is 27.6 Å². The largest absolute Gasteiger partial charge is 0.492 e. The number of sulfonamides is 1. The van der Waals surface area contributed by atoms with Crippen molar-refractivity contribution in [1.82, 2.24) is 0 Å². The van der Waals surface area contributed by atoms with E-state index in [0.717, 1.165) is 12.0 Å². The fourth-order valence-electron chi connectivity index (χ4n) is 1.99. The third-order valence-electron chi connectivity index (χ3n) is 3.11. The van der Waals surface area contributed by atoms with Crippen LogP contribution in [0.4, 0.5) is 5.69 Å². The number of hydrogen-bond donors (Lipinski definition) is 1. The number of halogens is 1. The molecular weight excluding hydrogens is 366 g/mol. The second-order valence-electron chi connectivity index (χ2n) is 4.68. The Kier molecular flexibility index (Phi) is 5.47. The molecular formula is C16H18BrNO3S. The van der Waals surface area contributed by atoms with Crippen LogP contribution in [0.25, 0.3) is 0 Å². The van der Waals surface area contributed by atoms with E-state index in [4.69, 9.17) is 4.74 Å². The van der Waals surface area contributed by atoms with Crippen LogP contribution in [-0.4, -0.2) is 15.0 Å². The maximum absolute atomic E-state index is 12.6. The van der Waals surface area contributed by atoms with E-state index in [1.807, 2.05) is 19.1 Å². The third-order valence-corrected chi connectivity index (χ3v) is 5.01. The van der Waals surface area contributed by atoms with Crippen molar-refractivity contribution in [2.45, 2.75) is 25.2 Å². The van der Waals surface area contributed by atoms with Gasteiger partial charge >= 0.3 is 0 Å². The molecule has 22 heavy (non-hydrogen) atoms. The van der Waals surface area contributed by atoms with Crippen LogP contribution in [-0.2, 0) is 16.4 Å². The number of hydrogen-bond acceptors (Lipinski definition) is 3. The Morgan fingerprint density at radius 2 is 1.77 bits per heavy atom. The van der Waals surface area contributed by atoms with Gasteiger partial charge in [0, 0.05) is 10.2 Å². The molecule has 0 heterocycles. The molecule has 2 aromatic rings. The van der Waals surface area contributed by atoms with Gasteiger partial charge in [0.05, 0.1) is 6.61 Å². The molecule has 0 spiro atoms. The van der Waals surface area contributed by atoms with Crippen LogP contribution in [0.2, 0.25) is 0 Å². The van der Waals surface area contributed by atoms with E-state index in [1.54, 1.807) is 24.3 Å². The Morgan fingerprint density at radius 3 is 2.36 bits per heavy atom. The zero-order valence-corrected chi connectivity index (χ0v) is 14.9. The molecule has 6 heteroatoms. The highest BCUT2D eigenvalue weighted by Crippen LogP contribution is 2.29. The van der Waals surface area contributed by atoms with Gasteiger partial charge in [0.1, 0.15) is 10.6 Å². The van der Waals surface area contributed by atoms with Gasteiger partial charge in [-0.3, -0.25) is 4.72 Å². The lowest BCUT2D eigenvalue weighted by Crippen LogP contribution is -2.14. The van der Waals surface area contributed by atoms with Crippen molar-refractivity contribution in [1.29, 1.82) is 0 Å². The van der Waals surface area contributed by atoms with Gasteiger partial charge in [0.25, 0.3) is 10.0 Å². The van der Waals surface area contributed by atoms with E-state index in [9.17, 15) is 8.42 Å². The molecule has 2 rings (SSSR count). The summed E-state index contributed by atoms with van der Waals surface area (Å²) in [5.74, 6) is 0.336. The summed E-state index contributed by atoms with van der Waals surface area (Å²) in [4.78, 5) is 0.114. The minimum Gasteiger partial charge on any atom is -0.492 e. The Bertz CT molecular complexity index is 742. The smallest absolute Gasteiger partial charge is 0.265 e. The van der Waals surface area contributed by atoms with Crippen LogP contribution in [0.1, 0.15) is 19.4 Å². The van der Waals surface area contributed by atoms with Crippen LogP contribution in [0.3, 0.4) is 0 Å². The summed E-state index contributed by atoms with van der Waals surface area (Å²) in [7, 11) is -3.71. The van der Waals surface area contributed by atoms with Crippen molar-refractivity contribution in [3.8, 4) is 5.75 Å². The molecule has 0 aliphatic heterocycles. The van der Waals surface area contributed by atoms with Gasteiger partial charge in [-0.25, -0.2) is 8.42 Å². The molecule has 0 radical (unpaired) electrons. The molecule has 4 nitrogen and oxygen atoms in total. The maximum atomic E-state index is 12.6. The first-order valence-corrected chi connectivity index (χ1v) is 9.28. The highest BCUT2D eigenvalue weighted by Gasteiger charge is 2.20. The normalized spacial score (nSPS) is 11.2. The first-order valence-electron chi connectivity index (χ1n) is 7.00. The number of ether oxygens (including phenoxy) is 1. The lowest BCUT2D eigenvalue weighted by Gasteiger charge is -2.13. The van der Waals surface area contributed by atoms with Crippen molar-refractivity contribution in [2.24, 2.45) is 0 Å². The summed E-state index contributed by atoms with van der Waals surface area (Å²) in [6.45, 7) is 4.26. The van der Waals surface area contributed by atoms with Crippen molar-refractivity contribution >= 4 is 31.6 Å². The SMILES string of the molecule is CCOc1ccc(Br)cc1S(=O)(=O)Nc1ccc(CC)cc1. The standard InChI is InChI=1S/C16H18BrNO3S/c1-3-12-5-8-14(9-6-12)18-22(19,20)16-11-13(17)7-10-15(16)21-4-2/h5-11,18H,3-4H2,1-2H3. The zero-order chi connectivity index (χ0) is 16.2. The van der Waals surface area contributed by atoms with Gasteiger partial charge in [0.2, 0.25) is 0 Å². The summed E-state index contributed by atoms with van der Waals surface area (Å²) in [6.07, 6.45) is 0.910. The van der Waals surface area contributed by atoms with Crippen molar-refractivity contribution in [3.63, 3.8) is 0 Å². The van der Waals surface area contributed by atoms with Gasteiger partial charge in [-0.1, -0.05) is 35.0 Å². The molecule has 1 N–H and O–H groups in total.